The van der Waals surface area contributed by atoms with E-state index in [1.807, 2.05) is 37.3 Å². The maximum absolute atomic E-state index is 7.48. The summed E-state index contributed by atoms with van der Waals surface area (Å²) in [6.45, 7) is 2.36. The monoisotopic (exact) mass is 348 g/mol. The topological polar surface area (TPSA) is 68.3 Å². The molecule has 0 spiro atoms. The summed E-state index contributed by atoms with van der Waals surface area (Å²) in [4.78, 5) is 0. The number of aryl methyl sites for hydroxylation is 1. The van der Waals surface area contributed by atoms with E-state index in [1.165, 1.54) is 0 Å². The van der Waals surface area contributed by atoms with Crippen molar-refractivity contribution in [1.82, 2.24) is 0 Å². The van der Waals surface area contributed by atoms with Crippen molar-refractivity contribution < 1.29 is 9.47 Å². The fourth-order valence-corrected chi connectivity index (χ4v) is 2.23. The number of rotatable bonds is 5. The first-order valence-corrected chi connectivity index (χ1v) is 7.21. The fourth-order valence-electron chi connectivity index (χ4n) is 1.87. The van der Waals surface area contributed by atoms with E-state index in [-0.39, 0.29) is 5.84 Å². The van der Waals surface area contributed by atoms with Gasteiger partial charge in [-0.2, -0.15) is 0 Å². The molecule has 0 radical (unpaired) electrons. The molecular weight excluding hydrogens is 332 g/mol. The quantitative estimate of drug-likeness (QED) is 0.640. The number of methoxy groups -OCH3 is 1. The summed E-state index contributed by atoms with van der Waals surface area (Å²) in [6, 6.07) is 11.2. The van der Waals surface area contributed by atoms with Gasteiger partial charge in [0.1, 0.15) is 23.9 Å². The maximum Gasteiger partial charge on any atom is 0.123 e. The Morgan fingerprint density at radius 1 is 1.24 bits per heavy atom. The number of hydrogen-bond donors (Lipinski definition) is 2. The van der Waals surface area contributed by atoms with Gasteiger partial charge in [-0.25, -0.2) is 0 Å². The van der Waals surface area contributed by atoms with Gasteiger partial charge in [0.05, 0.1) is 7.11 Å². The Hall–Kier alpha value is -2.01. The van der Waals surface area contributed by atoms with Gasteiger partial charge >= 0.3 is 0 Å². The minimum Gasteiger partial charge on any atom is -0.497 e. The third-order valence-corrected chi connectivity index (χ3v) is 3.91. The molecule has 2 aromatic rings. The average molecular weight is 349 g/mol. The Balaban J connectivity index is 2.20. The van der Waals surface area contributed by atoms with Gasteiger partial charge in [-0.1, -0.05) is 28.1 Å². The molecule has 4 nitrogen and oxygen atoms in total. The Labute approximate surface area is 132 Å². The number of hydrogen-bond acceptors (Lipinski definition) is 3. The molecule has 0 aliphatic carbocycles. The van der Waals surface area contributed by atoms with Crippen molar-refractivity contribution in [2.45, 2.75) is 13.5 Å². The van der Waals surface area contributed by atoms with Gasteiger partial charge in [-0.3, -0.25) is 5.41 Å². The highest BCUT2D eigenvalue weighted by atomic mass is 79.9. The Morgan fingerprint density at radius 3 is 2.67 bits per heavy atom. The van der Waals surface area contributed by atoms with Crippen molar-refractivity contribution in [3.05, 3.63) is 57.6 Å². The molecule has 0 amide bonds. The van der Waals surface area contributed by atoms with Gasteiger partial charge in [0.15, 0.2) is 0 Å². The van der Waals surface area contributed by atoms with Gasteiger partial charge in [0, 0.05) is 15.6 Å². The van der Waals surface area contributed by atoms with E-state index in [4.69, 9.17) is 20.6 Å². The molecule has 3 N–H and O–H groups in total. The lowest BCUT2D eigenvalue weighted by atomic mass is 10.1. The summed E-state index contributed by atoms with van der Waals surface area (Å²) in [5.41, 5.74) is 8.15. The van der Waals surface area contributed by atoms with Crippen LogP contribution in [0.2, 0.25) is 0 Å². The third kappa shape index (κ3) is 3.76. The number of nitrogens with one attached hydrogen (secondary N) is 1. The van der Waals surface area contributed by atoms with Crippen molar-refractivity contribution >= 4 is 21.8 Å². The van der Waals surface area contributed by atoms with Crippen LogP contribution in [0, 0.1) is 12.3 Å². The van der Waals surface area contributed by atoms with Crippen LogP contribution in [-0.2, 0) is 6.61 Å². The second kappa shape index (κ2) is 6.63. The van der Waals surface area contributed by atoms with Crippen LogP contribution in [0.3, 0.4) is 0 Å². The van der Waals surface area contributed by atoms with E-state index >= 15 is 0 Å². The molecule has 5 heteroatoms. The first-order chi connectivity index (χ1) is 10.0. The summed E-state index contributed by atoms with van der Waals surface area (Å²) < 4.78 is 12.0. The first-order valence-electron chi connectivity index (χ1n) is 6.41. The predicted octanol–water partition coefficient (Wildman–Crippen LogP) is 3.63. The average Bonchev–Trinajstić information content (AvgIpc) is 2.47. The molecule has 21 heavy (non-hydrogen) atoms. The van der Waals surface area contributed by atoms with Gasteiger partial charge < -0.3 is 15.2 Å². The molecule has 0 fully saturated rings. The standard InChI is InChI=1S/C16H17BrN2O2/c1-10-3-4-11(16(18)19)8-15(10)21-9-12-7-13(20-2)5-6-14(12)17/h3-8H,9H2,1-2H3,(H3,18,19). The van der Waals surface area contributed by atoms with E-state index in [9.17, 15) is 0 Å². The highest BCUT2D eigenvalue weighted by Gasteiger charge is 2.07. The zero-order valence-corrected chi connectivity index (χ0v) is 13.5. The van der Waals surface area contributed by atoms with Gasteiger partial charge in [0.25, 0.3) is 0 Å². The molecule has 0 saturated heterocycles. The number of nitrogen functional groups attached to an aromatic ring is 1. The highest BCUT2D eigenvalue weighted by molar-refractivity contribution is 9.10. The number of nitrogens with two attached hydrogens (primary N) is 1. The van der Waals surface area contributed by atoms with Crippen LogP contribution in [-0.4, -0.2) is 12.9 Å². The van der Waals surface area contributed by atoms with Crippen LogP contribution in [0.1, 0.15) is 16.7 Å². The Kier molecular flexibility index (Phi) is 4.85. The molecular formula is C16H17BrN2O2. The minimum atomic E-state index is 0.0300. The van der Waals surface area contributed by atoms with E-state index < -0.39 is 0 Å². The van der Waals surface area contributed by atoms with Crippen molar-refractivity contribution in [3.8, 4) is 11.5 Å². The van der Waals surface area contributed by atoms with Crippen LogP contribution in [0.25, 0.3) is 0 Å². The zero-order valence-electron chi connectivity index (χ0n) is 11.9. The SMILES string of the molecule is COc1ccc(Br)c(COc2cc(C(=N)N)ccc2C)c1. The number of benzene rings is 2. The van der Waals surface area contributed by atoms with Crippen LogP contribution >= 0.6 is 15.9 Å². The van der Waals surface area contributed by atoms with Crippen molar-refractivity contribution in [2.24, 2.45) is 5.73 Å². The summed E-state index contributed by atoms with van der Waals surface area (Å²) in [7, 11) is 1.63. The Bertz CT molecular complexity index is 671. The lowest BCUT2D eigenvalue weighted by Gasteiger charge is -2.12. The van der Waals surface area contributed by atoms with E-state index in [0.29, 0.717) is 12.2 Å². The molecule has 0 unspecified atom stereocenters. The van der Waals surface area contributed by atoms with Crippen LogP contribution in [0.15, 0.2) is 40.9 Å². The van der Waals surface area contributed by atoms with Crippen molar-refractivity contribution in [1.29, 1.82) is 5.41 Å². The van der Waals surface area contributed by atoms with Gasteiger partial charge in [-0.15, -0.1) is 0 Å². The third-order valence-electron chi connectivity index (χ3n) is 3.14. The summed E-state index contributed by atoms with van der Waals surface area (Å²) >= 11 is 3.50. The van der Waals surface area contributed by atoms with E-state index in [0.717, 1.165) is 27.1 Å². The first kappa shape index (κ1) is 15.4. The van der Waals surface area contributed by atoms with Gasteiger partial charge in [-0.05, 0) is 36.8 Å². The molecule has 0 saturated carbocycles. The van der Waals surface area contributed by atoms with Crippen molar-refractivity contribution in [3.63, 3.8) is 0 Å². The highest BCUT2D eigenvalue weighted by Crippen LogP contribution is 2.26. The zero-order chi connectivity index (χ0) is 15.4. The van der Waals surface area contributed by atoms with Crippen molar-refractivity contribution in [2.75, 3.05) is 7.11 Å². The summed E-state index contributed by atoms with van der Waals surface area (Å²) in [6.07, 6.45) is 0. The van der Waals surface area contributed by atoms with Crippen LogP contribution in [0.5, 0.6) is 11.5 Å². The van der Waals surface area contributed by atoms with E-state index in [1.54, 1.807) is 13.2 Å². The van der Waals surface area contributed by atoms with E-state index in [2.05, 4.69) is 15.9 Å². The molecule has 0 atom stereocenters. The Morgan fingerprint density at radius 2 is 2.00 bits per heavy atom. The predicted molar refractivity (Wildman–Crippen MR) is 87.2 cm³/mol. The number of ether oxygens (including phenoxy) is 2. The van der Waals surface area contributed by atoms with Crippen LogP contribution < -0.4 is 15.2 Å². The molecule has 0 bridgehead atoms. The smallest absolute Gasteiger partial charge is 0.123 e. The summed E-state index contributed by atoms with van der Waals surface area (Å²) in [5.74, 6) is 1.53. The van der Waals surface area contributed by atoms with Crippen LogP contribution in [0.4, 0.5) is 0 Å². The largest absolute Gasteiger partial charge is 0.497 e. The second-order valence-corrected chi connectivity index (χ2v) is 5.49. The molecule has 0 aromatic heterocycles. The fraction of sp³-hybridized carbons (Fsp3) is 0.188. The molecule has 110 valence electrons. The maximum atomic E-state index is 7.48. The second-order valence-electron chi connectivity index (χ2n) is 4.64. The molecule has 0 aliphatic heterocycles. The minimum absolute atomic E-state index is 0.0300. The van der Waals surface area contributed by atoms with Gasteiger partial charge in [0.2, 0.25) is 0 Å². The lowest BCUT2D eigenvalue weighted by molar-refractivity contribution is 0.302. The summed E-state index contributed by atoms with van der Waals surface area (Å²) in [5, 5.41) is 7.48. The molecule has 0 heterocycles. The number of amidine groups is 1. The normalized spacial score (nSPS) is 10.2. The lowest BCUT2D eigenvalue weighted by Crippen LogP contribution is -2.11. The molecule has 2 rings (SSSR count). The molecule has 2 aromatic carbocycles. The molecule has 0 aliphatic rings. The number of halogens is 1.